The van der Waals surface area contributed by atoms with Crippen molar-refractivity contribution in [1.29, 1.82) is 0 Å². The zero-order chi connectivity index (χ0) is 11.5. The topological polar surface area (TPSA) is 53.4 Å². The SMILES string of the molecule is C[C@@H]1CN(Cc2ccncc2)C[C@H]1C(=O)O. The van der Waals surface area contributed by atoms with Gasteiger partial charge in [0.2, 0.25) is 0 Å². The number of carbonyl (C=O) groups is 1. The molecule has 4 nitrogen and oxygen atoms in total. The summed E-state index contributed by atoms with van der Waals surface area (Å²) in [7, 11) is 0. The summed E-state index contributed by atoms with van der Waals surface area (Å²) >= 11 is 0. The first-order valence-corrected chi connectivity index (χ1v) is 5.51. The molecule has 1 aliphatic heterocycles. The van der Waals surface area contributed by atoms with E-state index in [0.717, 1.165) is 13.1 Å². The molecule has 86 valence electrons. The van der Waals surface area contributed by atoms with Gasteiger partial charge in [0, 0.05) is 32.0 Å². The molecule has 0 saturated carbocycles. The van der Waals surface area contributed by atoms with Crippen LogP contribution in [0.3, 0.4) is 0 Å². The van der Waals surface area contributed by atoms with Gasteiger partial charge in [0.25, 0.3) is 0 Å². The molecule has 0 spiro atoms. The molecule has 0 aliphatic carbocycles. The van der Waals surface area contributed by atoms with Crippen molar-refractivity contribution < 1.29 is 9.90 Å². The molecule has 1 saturated heterocycles. The number of aliphatic carboxylic acids is 1. The number of carboxylic acids is 1. The standard InChI is InChI=1S/C12H16N2O2/c1-9-6-14(8-11(9)12(15)16)7-10-2-4-13-5-3-10/h2-5,9,11H,6-8H2,1H3,(H,15,16)/t9-,11-/m1/s1. The van der Waals surface area contributed by atoms with Crippen molar-refractivity contribution in [2.24, 2.45) is 11.8 Å². The molecule has 1 aromatic heterocycles. The Kier molecular flexibility index (Phi) is 3.19. The molecule has 0 radical (unpaired) electrons. The summed E-state index contributed by atoms with van der Waals surface area (Å²) in [5.74, 6) is -0.661. The molecular formula is C12H16N2O2. The Morgan fingerprint density at radius 2 is 2.19 bits per heavy atom. The van der Waals surface area contributed by atoms with Crippen molar-refractivity contribution in [3.8, 4) is 0 Å². The molecule has 1 aromatic rings. The van der Waals surface area contributed by atoms with Crippen LogP contribution in [0.15, 0.2) is 24.5 Å². The third kappa shape index (κ3) is 2.39. The summed E-state index contributed by atoms with van der Waals surface area (Å²) in [6.45, 7) is 4.33. The number of carboxylic acid groups (broad SMARTS) is 1. The maximum absolute atomic E-state index is 11.0. The highest BCUT2D eigenvalue weighted by Crippen LogP contribution is 2.24. The van der Waals surface area contributed by atoms with Crippen LogP contribution >= 0.6 is 0 Å². The fourth-order valence-electron chi connectivity index (χ4n) is 2.26. The van der Waals surface area contributed by atoms with E-state index in [2.05, 4.69) is 9.88 Å². The maximum atomic E-state index is 11.0. The van der Waals surface area contributed by atoms with Crippen LogP contribution in [-0.4, -0.2) is 34.0 Å². The maximum Gasteiger partial charge on any atom is 0.308 e. The molecule has 1 fully saturated rings. The first-order valence-electron chi connectivity index (χ1n) is 5.51. The number of rotatable bonds is 3. The number of hydrogen-bond donors (Lipinski definition) is 1. The fourth-order valence-corrected chi connectivity index (χ4v) is 2.26. The highest BCUT2D eigenvalue weighted by molar-refractivity contribution is 5.71. The van der Waals surface area contributed by atoms with E-state index < -0.39 is 5.97 Å². The van der Waals surface area contributed by atoms with Gasteiger partial charge in [-0.2, -0.15) is 0 Å². The Bertz CT molecular complexity index is 367. The van der Waals surface area contributed by atoms with Crippen molar-refractivity contribution >= 4 is 5.97 Å². The van der Waals surface area contributed by atoms with E-state index in [4.69, 9.17) is 5.11 Å². The smallest absolute Gasteiger partial charge is 0.308 e. The van der Waals surface area contributed by atoms with Crippen molar-refractivity contribution in [2.75, 3.05) is 13.1 Å². The predicted octanol–water partition coefficient (Wildman–Crippen LogP) is 1.23. The summed E-state index contributed by atoms with van der Waals surface area (Å²) in [6, 6.07) is 3.94. The molecule has 1 N–H and O–H groups in total. The number of likely N-dealkylation sites (tertiary alicyclic amines) is 1. The fraction of sp³-hybridized carbons (Fsp3) is 0.500. The Balaban J connectivity index is 1.96. The monoisotopic (exact) mass is 220 g/mol. The summed E-state index contributed by atoms with van der Waals surface area (Å²) in [5.41, 5.74) is 1.19. The second-order valence-corrected chi connectivity index (χ2v) is 4.47. The van der Waals surface area contributed by atoms with Crippen LogP contribution in [0.25, 0.3) is 0 Å². The molecule has 1 aliphatic rings. The third-order valence-corrected chi connectivity index (χ3v) is 3.16. The van der Waals surface area contributed by atoms with E-state index in [9.17, 15) is 4.79 Å². The Morgan fingerprint density at radius 1 is 1.50 bits per heavy atom. The number of aromatic nitrogens is 1. The molecule has 16 heavy (non-hydrogen) atoms. The first-order chi connectivity index (χ1) is 7.66. The van der Waals surface area contributed by atoms with Gasteiger partial charge in [-0.3, -0.25) is 14.7 Å². The summed E-state index contributed by atoms with van der Waals surface area (Å²) in [5, 5.41) is 9.03. The van der Waals surface area contributed by atoms with Gasteiger partial charge < -0.3 is 5.11 Å². The van der Waals surface area contributed by atoms with E-state index in [-0.39, 0.29) is 11.8 Å². The van der Waals surface area contributed by atoms with Gasteiger partial charge in [-0.05, 0) is 23.6 Å². The molecular weight excluding hydrogens is 204 g/mol. The minimum absolute atomic E-state index is 0.221. The van der Waals surface area contributed by atoms with E-state index in [1.54, 1.807) is 12.4 Å². The highest BCUT2D eigenvalue weighted by Gasteiger charge is 2.34. The Labute approximate surface area is 94.9 Å². The minimum atomic E-state index is -0.676. The molecule has 4 heteroatoms. The van der Waals surface area contributed by atoms with Gasteiger partial charge >= 0.3 is 5.97 Å². The van der Waals surface area contributed by atoms with Crippen molar-refractivity contribution in [1.82, 2.24) is 9.88 Å². The van der Waals surface area contributed by atoms with Crippen LogP contribution in [0, 0.1) is 11.8 Å². The number of pyridine rings is 1. The average molecular weight is 220 g/mol. The van der Waals surface area contributed by atoms with Crippen LogP contribution in [0.2, 0.25) is 0 Å². The van der Waals surface area contributed by atoms with E-state index >= 15 is 0 Å². The Morgan fingerprint density at radius 3 is 2.75 bits per heavy atom. The van der Waals surface area contributed by atoms with Gasteiger partial charge in [0.15, 0.2) is 0 Å². The lowest BCUT2D eigenvalue weighted by Crippen LogP contribution is -2.23. The lowest BCUT2D eigenvalue weighted by Gasteiger charge is -2.14. The summed E-state index contributed by atoms with van der Waals surface area (Å²) in [4.78, 5) is 17.1. The van der Waals surface area contributed by atoms with Crippen molar-refractivity contribution in [2.45, 2.75) is 13.5 Å². The van der Waals surface area contributed by atoms with E-state index in [1.165, 1.54) is 5.56 Å². The summed E-state index contributed by atoms with van der Waals surface area (Å²) in [6.07, 6.45) is 3.53. The summed E-state index contributed by atoms with van der Waals surface area (Å²) < 4.78 is 0. The average Bonchev–Trinajstić information content (AvgIpc) is 2.61. The van der Waals surface area contributed by atoms with Gasteiger partial charge in [-0.1, -0.05) is 6.92 Å². The molecule has 2 atom stereocenters. The number of nitrogens with zero attached hydrogens (tertiary/aromatic N) is 2. The predicted molar refractivity (Wildman–Crippen MR) is 59.8 cm³/mol. The van der Waals surface area contributed by atoms with Crippen LogP contribution in [0.4, 0.5) is 0 Å². The van der Waals surface area contributed by atoms with E-state index in [0.29, 0.717) is 6.54 Å². The minimum Gasteiger partial charge on any atom is -0.481 e. The molecule has 2 rings (SSSR count). The molecule has 0 unspecified atom stereocenters. The van der Waals surface area contributed by atoms with Crippen LogP contribution in [-0.2, 0) is 11.3 Å². The van der Waals surface area contributed by atoms with Crippen LogP contribution in [0.5, 0.6) is 0 Å². The van der Waals surface area contributed by atoms with Crippen LogP contribution < -0.4 is 0 Å². The normalized spacial score (nSPS) is 25.8. The van der Waals surface area contributed by atoms with Gasteiger partial charge in [-0.25, -0.2) is 0 Å². The van der Waals surface area contributed by atoms with Crippen molar-refractivity contribution in [3.05, 3.63) is 30.1 Å². The van der Waals surface area contributed by atoms with Crippen molar-refractivity contribution in [3.63, 3.8) is 0 Å². The molecule has 0 amide bonds. The van der Waals surface area contributed by atoms with Gasteiger partial charge in [0.05, 0.1) is 5.92 Å². The Hall–Kier alpha value is -1.42. The number of hydrogen-bond acceptors (Lipinski definition) is 3. The molecule has 2 heterocycles. The molecule has 0 aromatic carbocycles. The second kappa shape index (κ2) is 4.61. The third-order valence-electron chi connectivity index (χ3n) is 3.16. The van der Waals surface area contributed by atoms with Gasteiger partial charge in [-0.15, -0.1) is 0 Å². The zero-order valence-corrected chi connectivity index (χ0v) is 9.34. The van der Waals surface area contributed by atoms with Crippen LogP contribution in [0.1, 0.15) is 12.5 Å². The molecule has 0 bridgehead atoms. The zero-order valence-electron chi connectivity index (χ0n) is 9.34. The highest BCUT2D eigenvalue weighted by atomic mass is 16.4. The van der Waals surface area contributed by atoms with Gasteiger partial charge in [0.1, 0.15) is 0 Å². The quantitative estimate of drug-likeness (QED) is 0.832. The largest absolute Gasteiger partial charge is 0.481 e. The second-order valence-electron chi connectivity index (χ2n) is 4.47. The first kappa shape index (κ1) is 11.1. The lowest BCUT2D eigenvalue weighted by atomic mass is 9.99. The lowest BCUT2D eigenvalue weighted by molar-refractivity contribution is -0.142. The van der Waals surface area contributed by atoms with E-state index in [1.807, 2.05) is 19.1 Å².